The standard InChI is InChI=1S/C17H16N2O5S/c1-24-7-6-19-16(22)14(25-17(19)23)8-11-9-18(10-15(20)21)13-5-3-2-4-12(11)13/h2-5,8-9H,6-7,10H2,1H3,(H,20,21). The summed E-state index contributed by atoms with van der Waals surface area (Å²) in [5, 5.41) is 9.55. The van der Waals surface area contributed by atoms with Crippen molar-refractivity contribution in [2.24, 2.45) is 0 Å². The lowest BCUT2D eigenvalue weighted by Gasteiger charge is -2.10. The molecule has 0 atom stereocenters. The van der Waals surface area contributed by atoms with Crippen molar-refractivity contribution in [3.63, 3.8) is 0 Å². The van der Waals surface area contributed by atoms with Gasteiger partial charge in [0.1, 0.15) is 6.54 Å². The highest BCUT2D eigenvalue weighted by Gasteiger charge is 2.34. The van der Waals surface area contributed by atoms with Crippen LogP contribution in [0.2, 0.25) is 0 Å². The molecule has 1 aliphatic heterocycles. The predicted molar refractivity (Wildman–Crippen MR) is 94.1 cm³/mol. The number of carboxylic acid groups (broad SMARTS) is 1. The molecule has 25 heavy (non-hydrogen) atoms. The molecule has 0 radical (unpaired) electrons. The van der Waals surface area contributed by atoms with E-state index in [0.29, 0.717) is 10.5 Å². The smallest absolute Gasteiger partial charge is 0.323 e. The normalized spacial score (nSPS) is 16.4. The number of fused-ring (bicyclic) bond motifs is 1. The lowest BCUT2D eigenvalue weighted by molar-refractivity contribution is -0.137. The number of amides is 2. The molecule has 0 bridgehead atoms. The van der Waals surface area contributed by atoms with Crippen molar-refractivity contribution in [1.82, 2.24) is 9.47 Å². The Balaban J connectivity index is 1.97. The van der Waals surface area contributed by atoms with Crippen molar-refractivity contribution in [3.8, 4) is 0 Å². The molecular formula is C17H16N2O5S. The molecule has 0 saturated carbocycles. The van der Waals surface area contributed by atoms with Gasteiger partial charge in [0.2, 0.25) is 0 Å². The topological polar surface area (TPSA) is 88.8 Å². The summed E-state index contributed by atoms with van der Waals surface area (Å²) in [6.07, 6.45) is 3.32. The van der Waals surface area contributed by atoms with Crippen molar-refractivity contribution in [2.45, 2.75) is 6.54 Å². The molecule has 0 unspecified atom stereocenters. The number of ether oxygens (including phenoxy) is 1. The molecule has 2 aromatic rings. The Hall–Kier alpha value is -2.58. The maximum atomic E-state index is 12.4. The average molecular weight is 360 g/mol. The van der Waals surface area contributed by atoms with E-state index in [2.05, 4.69) is 0 Å². The summed E-state index contributed by atoms with van der Waals surface area (Å²) in [6, 6.07) is 7.34. The van der Waals surface area contributed by atoms with E-state index >= 15 is 0 Å². The molecule has 130 valence electrons. The summed E-state index contributed by atoms with van der Waals surface area (Å²) in [5.74, 6) is -1.31. The van der Waals surface area contributed by atoms with Crippen molar-refractivity contribution < 1.29 is 24.2 Å². The van der Waals surface area contributed by atoms with Crippen LogP contribution in [0.5, 0.6) is 0 Å². The monoisotopic (exact) mass is 360 g/mol. The lowest BCUT2D eigenvalue weighted by atomic mass is 10.1. The number of hydrogen-bond acceptors (Lipinski definition) is 5. The van der Waals surface area contributed by atoms with Crippen LogP contribution in [-0.2, 0) is 20.9 Å². The molecule has 1 aromatic carbocycles. The van der Waals surface area contributed by atoms with Crippen LogP contribution in [0.4, 0.5) is 4.79 Å². The number of thioether (sulfide) groups is 1. The summed E-state index contributed by atoms with van der Waals surface area (Å²) in [7, 11) is 1.51. The van der Waals surface area contributed by atoms with Gasteiger partial charge in [0.15, 0.2) is 0 Å². The number of carbonyl (C=O) groups excluding carboxylic acids is 2. The van der Waals surface area contributed by atoms with E-state index < -0.39 is 5.97 Å². The van der Waals surface area contributed by atoms with Crippen LogP contribution in [0.3, 0.4) is 0 Å². The lowest BCUT2D eigenvalue weighted by Crippen LogP contribution is -2.31. The maximum Gasteiger partial charge on any atom is 0.323 e. The van der Waals surface area contributed by atoms with Crippen molar-refractivity contribution in [3.05, 3.63) is 40.9 Å². The first kappa shape index (κ1) is 17.2. The number of aliphatic carboxylic acids is 1. The van der Waals surface area contributed by atoms with Gasteiger partial charge in [0.25, 0.3) is 11.1 Å². The largest absolute Gasteiger partial charge is 0.480 e. The van der Waals surface area contributed by atoms with Crippen LogP contribution >= 0.6 is 11.8 Å². The Morgan fingerprint density at radius 1 is 1.32 bits per heavy atom. The third-order valence-corrected chi connectivity index (χ3v) is 4.71. The molecule has 1 aliphatic rings. The summed E-state index contributed by atoms with van der Waals surface area (Å²) < 4.78 is 6.53. The first-order valence-corrected chi connectivity index (χ1v) is 8.37. The number of para-hydroxylation sites is 1. The van der Waals surface area contributed by atoms with Crippen molar-refractivity contribution >= 4 is 45.9 Å². The van der Waals surface area contributed by atoms with E-state index in [1.165, 1.54) is 7.11 Å². The number of hydrogen-bond donors (Lipinski definition) is 1. The Morgan fingerprint density at radius 3 is 2.80 bits per heavy atom. The van der Waals surface area contributed by atoms with E-state index in [0.717, 1.165) is 27.6 Å². The number of methoxy groups -OCH3 is 1. The van der Waals surface area contributed by atoms with Gasteiger partial charge in [-0.2, -0.15) is 0 Å². The maximum absolute atomic E-state index is 12.4. The predicted octanol–water partition coefficient (Wildman–Crippen LogP) is 2.41. The van der Waals surface area contributed by atoms with Gasteiger partial charge in [-0.05, 0) is 23.9 Å². The number of rotatable bonds is 6. The quantitative estimate of drug-likeness (QED) is 0.796. The summed E-state index contributed by atoms with van der Waals surface area (Å²) in [4.78, 5) is 36.9. The van der Waals surface area contributed by atoms with Gasteiger partial charge in [-0.1, -0.05) is 18.2 Å². The zero-order valence-corrected chi connectivity index (χ0v) is 14.3. The van der Waals surface area contributed by atoms with Crippen LogP contribution in [0.1, 0.15) is 5.56 Å². The molecule has 2 amide bonds. The zero-order valence-electron chi connectivity index (χ0n) is 13.5. The number of imide groups is 1. The van der Waals surface area contributed by atoms with Gasteiger partial charge in [0, 0.05) is 29.8 Å². The third kappa shape index (κ3) is 3.45. The minimum atomic E-state index is -0.952. The number of nitrogens with zero attached hydrogens (tertiary/aromatic N) is 2. The molecule has 3 rings (SSSR count). The first-order chi connectivity index (χ1) is 12.0. The Bertz CT molecular complexity index is 886. The SMILES string of the molecule is COCCN1C(=O)SC(=Cc2cn(CC(=O)O)c3ccccc23)C1=O. The van der Waals surface area contributed by atoms with E-state index in [-0.39, 0.29) is 30.8 Å². The van der Waals surface area contributed by atoms with E-state index in [9.17, 15) is 14.4 Å². The minimum absolute atomic E-state index is 0.177. The summed E-state index contributed by atoms with van der Waals surface area (Å²) in [5.41, 5.74) is 1.46. The number of benzene rings is 1. The first-order valence-electron chi connectivity index (χ1n) is 7.55. The molecule has 1 aromatic heterocycles. The highest BCUT2D eigenvalue weighted by Crippen LogP contribution is 2.33. The Morgan fingerprint density at radius 2 is 2.08 bits per heavy atom. The molecule has 1 N–H and O–H groups in total. The third-order valence-electron chi connectivity index (χ3n) is 3.80. The van der Waals surface area contributed by atoms with Crippen LogP contribution in [0.15, 0.2) is 35.4 Å². The molecule has 7 nitrogen and oxygen atoms in total. The summed E-state index contributed by atoms with van der Waals surface area (Å²) >= 11 is 0.876. The Kier molecular flexibility index (Phi) is 4.91. The number of carbonyl (C=O) groups is 3. The average Bonchev–Trinajstić information content (AvgIpc) is 3.04. The fourth-order valence-electron chi connectivity index (χ4n) is 2.68. The zero-order chi connectivity index (χ0) is 18.0. The minimum Gasteiger partial charge on any atom is -0.480 e. The van der Waals surface area contributed by atoms with Gasteiger partial charge >= 0.3 is 5.97 Å². The second kappa shape index (κ2) is 7.12. The van der Waals surface area contributed by atoms with Crippen molar-refractivity contribution in [2.75, 3.05) is 20.3 Å². The Labute approximate surface area is 147 Å². The fourth-order valence-corrected chi connectivity index (χ4v) is 3.54. The van der Waals surface area contributed by atoms with Gasteiger partial charge in [-0.15, -0.1) is 0 Å². The van der Waals surface area contributed by atoms with E-state index in [4.69, 9.17) is 9.84 Å². The van der Waals surface area contributed by atoms with Gasteiger partial charge in [-0.3, -0.25) is 19.3 Å². The van der Waals surface area contributed by atoms with Gasteiger partial charge in [0.05, 0.1) is 18.1 Å². The van der Waals surface area contributed by atoms with Gasteiger partial charge in [-0.25, -0.2) is 0 Å². The second-order valence-corrected chi connectivity index (χ2v) is 6.44. The molecule has 1 fully saturated rings. The second-order valence-electron chi connectivity index (χ2n) is 5.45. The number of carboxylic acids is 1. The summed E-state index contributed by atoms with van der Waals surface area (Å²) in [6.45, 7) is 0.312. The van der Waals surface area contributed by atoms with Crippen LogP contribution < -0.4 is 0 Å². The highest BCUT2D eigenvalue weighted by molar-refractivity contribution is 8.18. The van der Waals surface area contributed by atoms with E-state index in [1.807, 2.05) is 24.3 Å². The fraction of sp³-hybridized carbons (Fsp3) is 0.235. The van der Waals surface area contributed by atoms with Crippen LogP contribution in [-0.4, -0.2) is 52.0 Å². The van der Waals surface area contributed by atoms with E-state index in [1.54, 1.807) is 16.8 Å². The molecule has 8 heteroatoms. The highest BCUT2D eigenvalue weighted by atomic mass is 32.2. The molecule has 0 spiro atoms. The molecule has 2 heterocycles. The molecule has 1 saturated heterocycles. The van der Waals surface area contributed by atoms with Crippen molar-refractivity contribution in [1.29, 1.82) is 0 Å². The van der Waals surface area contributed by atoms with Crippen LogP contribution in [0.25, 0.3) is 17.0 Å². The number of aromatic nitrogens is 1. The molecular weight excluding hydrogens is 344 g/mol. The van der Waals surface area contributed by atoms with Gasteiger partial charge < -0.3 is 14.4 Å². The van der Waals surface area contributed by atoms with Crippen LogP contribution in [0, 0.1) is 0 Å². The molecule has 0 aliphatic carbocycles.